The second-order valence-corrected chi connectivity index (χ2v) is 21.3. The Kier molecular flexibility index (Phi) is 36.9. The molecule has 0 aromatic carbocycles. The second kappa shape index (κ2) is 41.6. The second-order valence-electron chi connectivity index (χ2n) is 21.3. The molecule has 0 radical (unpaired) electrons. The third-order valence-electron chi connectivity index (χ3n) is 13.2. The Balaban J connectivity index is 6.67. The highest BCUT2D eigenvalue weighted by Crippen LogP contribution is 2.10. The fourth-order valence-corrected chi connectivity index (χ4v) is 7.85. The molecule has 41 heteroatoms. The smallest absolute Gasteiger partial charge is 0.326 e. The predicted octanol–water partition coefficient (Wildman–Crippen LogP) is -12.1. The first kappa shape index (κ1) is 82.4. The number of carboxylic acids is 1. The van der Waals surface area contributed by atoms with Crippen molar-refractivity contribution >= 4 is 118 Å². The number of hydrogen-bond acceptors (Lipinski definition) is 21. The Bertz CT molecular complexity index is 2800. The molecule has 30 N–H and O–H groups in total. The van der Waals surface area contributed by atoms with E-state index in [4.69, 9.17) is 51.6 Å². The highest BCUT2D eigenvalue weighted by atomic mass is 16.4. The molecule has 0 aliphatic heterocycles. The molecule has 0 bridgehead atoms. The average Bonchev–Trinajstić information content (AvgIpc) is 0.940. The molecule has 0 spiro atoms. The molecular formula is C52H86N20O21. The van der Waals surface area contributed by atoms with Crippen LogP contribution >= 0.6 is 0 Å². The third-order valence-corrected chi connectivity index (χ3v) is 13.2. The van der Waals surface area contributed by atoms with Crippen molar-refractivity contribution in [3.63, 3.8) is 0 Å². The van der Waals surface area contributed by atoms with Gasteiger partial charge in [0, 0.05) is 51.4 Å². The molecule has 520 valence electrons. The molecule has 12 unspecified atom stereocenters. The lowest BCUT2D eigenvalue weighted by Gasteiger charge is -2.27. The van der Waals surface area contributed by atoms with Crippen LogP contribution in [-0.2, 0) is 95.9 Å². The van der Waals surface area contributed by atoms with Crippen LogP contribution in [0.5, 0.6) is 0 Å². The van der Waals surface area contributed by atoms with E-state index >= 15 is 0 Å². The Morgan fingerprint density at radius 1 is 0.237 bits per heavy atom. The van der Waals surface area contributed by atoms with Gasteiger partial charge in [-0.3, -0.25) is 91.1 Å². The summed E-state index contributed by atoms with van der Waals surface area (Å²) in [5.41, 5.74) is 47.6. The van der Waals surface area contributed by atoms with E-state index in [1.54, 1.807) is 0 Å². The van der Waals surface area contributed by atoms with Crippen molar-refractivity contribution in [2.75, 3.05) is 0 Å². The summed E-state index contributed by atoms with van der Waals surface area (Å²) in [4.78, 5) is 254. The van der Waals surface area contributed by atoms with Crippen LogP contribution in [0.1, 0.15) is 130 Å². The number of aliphatic carboxylic acids is 1. The maximum Gasteiger partial charge on any atom is 0.326 e. The van der Waals surface area contributed by atoms with Crippen LogP contribution in [0.4, 0.5) is 0 Å². The summed E-state index contributed by atoms with van der Waals surface area (Å²) in [5, 5.41) is 34.3. The van der Waals surface area contributed by atoms with E-state index in [2.05, 4.69) is 58.5 Å². The zero-order valence-electron chi connectivity index (χ0n) is 51.6. The maximum absolute atomic E-state index is 13.9. The summed E-state index contributed by atoms with van der Waals surface area (Å²) in [6, 6.07) is -19.7. The molecule has 41 nitrogen and oxygen atoms in total. The van der Waals surface area contributed by atoms with Crippen LogP contribution in [0.25, 0.3) is 0 Å². The number of carbonyl (C=O) groups is 20. The minimum atomic E-state index is -1.80. The Morgan fingerprint density at radius 3 is 0.538 bits per heavy atom. The molecule has 0 aliphatic rings. The largest absolute Gasteiger partial charge is 0.480 e. The lowest BCUT2D eigenvalue weighted by molar-refractivity contribution is -0.143. The van der Waals surface area contributed by atoms with Gasteiger partial charge in [0.25, 0.3) is 0 Å². The van der Waals surface area contributed by atoms with Crippen molar-refractivity contribution in [2.45, 2.75) is 203 Å². The van der Waals surface area contributed by atoms with E-state index < -0.39 is 287 Å². The van der Waals surface area contributed by atoms with Gasteiger partial charge in [-0.2, -0.15) is 0 Å². The van der Waals surface area contributed by atoms with Crippen LogP contribution in [0.3, 0.4) is 0 Å². The third kappa shape index (κ3) is 34.8. The van der Waals surface area contributed by atoms with E-state index in [1.807, 2.05) is 0 Å². The maximum atomic E-state index is 13.9. The minimum absolute atomic E-state index is 0.354. The first-order valence-electron chi connectivity index (χ1n) is 28.7. The zero-order valence-corrected chi connectivity index (χ0v) is 51.6. The van der Waals surface area contributed by atoms with Crippen LogP contribution < -0.4 is 110 Å². The van der Waals surface area contributed by atoms with Crippen LogP contribution in [0.15, 0.2) is 0 Å². The molecule has 0 heterocycles. The summed E-state index contributed by atoms with van der Waals surface area (Å²) in [6.45, 7) is 4.54. The lowest BCUT2D eigenvalue weighted by Crippen LogP contribution is -2.60. The summed E-state index contributed by atoms with van der Waals surface area (Å²) < 4.78 is 0. The first-order chi connectivity index (χ1) is 43.1. The van der Waals surface area contributed by atoms with Crippen molar-refractivity contribution in [2.24, 2.45) is 51.6 Å². The van der Waals surface area contributed by atoms with Gasteiger partial charge in [-0.25, -0.2) is 4.79 Å². The standard InChI is InChI=1S/C52H86N20O21/c1-21(53)41(81)65-28(8-16-36(57)76)48(88)69-25(5-13-33(54)73)45(85)62-22(2)42(82)66-29(9-17-37(58)77)49(89)70-26(6-14-34(55)74)46(86)63-23(3)43(83)67-30(10-18-38(59)78)50(90)71-27(7-15-35(56)75)47(87)64-24(4)44(84)68-31(11-19-39(60)79)51(91)72-32(52(92)93)12-20-40(61)80/h21-32H,5-20,53H2,1-4H3,(H2,54,73)(H2,55,74)(H2,56,75)(H2,57,76)(H2,58,77)(H2,59,78)(H2,60,79)(H2,61,80)(H,62,85)(H,63,86)(H,64,87)(H,65,81)(H,66,82)(H,67,83)(H,68,84)(H,69,88)(H,70,89)(H,71,90)(H,72,91)(H,92,93). The number of nitrogens with one attached hydrogen (secondary N) is 11. The van der Waals surface area contributed by atoms with E-state index in [1.165, 1.54) is 6.92 Å². The summed E-state index contributed by atoms with van der Waals surface area (Å²) in [5.74, 6) is -21.6. The normalized spacial score (nSPS) is 14.6. The molecule has 12 atom stereocenters. The minimum Gasteiger partial charge on any atom is -0.480 e. The number of rotatable bonds is 47. The number of carboxylic acid groups (broad SMARTS) is 1. The molecule has 0 fully saturated rings. The summed E-state index contributed by atoms with van der Waals surface area (Å²) in [7, 11) is 0. The molecule has 0 aromatic heterocycles. The van der Waals surface area contributed by atoms with Gasteiger partial charge in [-0.15, -0.1) is 0 Å². The SMILES string of the molecule is CC(N)C(=O)NC(CCC(N)=O)C(=O)NC(CCC(N)=O)C(=O)NC(C)C(=O)NC(CCC(N)=O)C(=O)NC(CCC(N)=O)C(=O)NC(C)C(=O)NC(CCC(N)=O)C(=O)NC(CCC(N)=O)C(=O)NC(C)C(=O)NC(CCC(N)=O)C(=O)NC(CCC(N)=O)C(=O)O. The molecule has 0 aromatic rings. The summed E-state index contributed by atoms with van der Waals surface area (Å²) in [6.07, 6.45) is -8.36. The van der Waals surface area contributed by atoms with Crippen LogP contribution in [0.2, 0.25) is 0 Å². The van der Waals surface area contributed by atoms with Gasteiger partial charge in [0.15, 0.2) is 0 Å². The van der Waals surface area contributed by atoms with Crippen LogP contribution in [-0.4, -0.2) is 196 Å². The molecule has 93 heavy (non-hydrogen) atoms. The number of carbonyl (C=O) groups excluding carboxylic acids is 19. The molecule has 19 amide bonds. The fraction of sp³-hybridized carbons (Fsp3) is 0.615. The average molecular weight is 1330 g/mol. The van der Waals surface area contributed by atoms with Crippen LogP contribution in [0, 0.1) is 0 Å². The number of nitrogens with two attached hydrogens (primary N) is 9. The Hall–Kier alpha value is -10.6. The molecule has 0 saturated carbocycles. The van der Waals surface area contributed by atoms with Crippen molar-refractivity contribution < 1.29 is 101 Å². The van der Waals surface area contributed by atoms with E-state index in [9.17, 15) is 101 Å². The Labute approximate surface area is 530 Å². The van der Waals surface area contributed by atoms with Crippen molar-refractivity contribution in [1.82, 2.24) is 58.5 Å². The van der Waals surface area contributed by atoms with Gasteiger partial charge in [-0.1, -0.05) is 0 Å². The fourth-order valence-electron chi connectivity index (χ4n) is 7.85. The number of amides is 19. The topological polar surface area (TPSA) is 728 Å². The van der Waals surface area contributed by atoms with Gasteiger partial charge in [0.1, 0.15) is 66.5 Å². The number of hydrogen-bond donors (Lipinski definition) is 21. The quantitative estimate of drug-likeness (QED) is 0.0269. The van der Waals surface area contributed by atoms with E-state index in [0.717, 1.165) is 20.8 Å². The highest BCUT2D eigenvalue weighted by molar-refractivity contribution is 6.00. The van der Waals surface area contributed by atoms with E-state index in [-0.39, 0.29) is 6.42 Å². The zero-order chi connectivity index (χ0) is 71.6. The van der Waals surface area contributed by atoms with Gasteiger partial charge >= 0.3 is 5.97 Å². The van der Waals surface area contributed by atoms with Crippen molar-refractivity contribution in [3.05, 3.63) is 0 Å². The first-order valence-corrected chi connectivity index (χ1v) is 28.7. The highest BCUT2D eigenvalue weighted by Gasteiger charge is 2.36. The molecule has 0 rings (SSSR count). The number of primary amides is 8. The monoisotopic (exact) mass is 1330 g/mol. The summed E-state index contributed by atoms with van der Waals surface area (Å²) >= 11 is 0. The lowest BCUT2D eigenvalue weighted by atomic mass is 10.1. The molecule has 0 saturated heterocycles. The predicted molar refractivity (Wildman–Crippen MR) is 317 cm³/mol. The van der Waals surface area contributed by atoms with E-state index in [0.29, 0.717) is 0 Å². The molecule has 0 aliphatic carbocycles. The van der Waals surface area contributed by atoms with Crippen molar-refractivity contribution in [3.8, 4) is 0 Å². The molecular weight excluding hydrogens is 1240 g/mol. The van der Waals surface area contributed by atoms with Gasteiger partial charge in [0.2, 0.25) is 112 Å². The van der Waals surface area contributed by atoms with Crippen molar-refractivity contribution in [1.29, 1.82) is 0 Å². The Morgan fingerprint density at radius 2 is 0.376 bits per heavy atom. The van der Waals surface area contributed by atoms with Gasteiger partial charge < -0.3 is 115 Å². The van der Waals surface area contributed by atoms with Gasteiger partial charge in [-0.05, 0) is 79.1 Å². The van der Waals surface area contributed by atoms with Gasteiger partial charge in [0.05, 0.1) is 6.04 Å².